The first kappa shape index (κ1) is 7.03. The number of hydrogen-bond acceptors (Lipinski definition) is 2. The summed E-state index contributed by atoms with van der Waals surface area (Å²) in [5.41, 5.74) is 0. The van der Waals surface area contributed by atoms with Gasteiger partial charge >= 0.3 is 0 Å². The molecule has 0 saturated carbocycles. The van der Waals surface area contributed by atoms with E-state index in [2.05, 4.69) is 17.1 Å². The Labute approximate surface area is 57.2 Å². The van der Waals surface area contributed by atoms with Crippen molar-refractivity contribution in [1.82, 2.24) is 10.2 Å². The molecule has 1 N–H and O–H groups in total. The van der Waals surface area contributed by atoms with Crippen molar-refractivity contribution in [2.24, 2.45) is 0 Å². The Morgan fingerprint density at radius 3 is 2.67 bits per heavy atom. The standard InChI is InChI=1S/C7H16N2/c1-3-4-9-5-7(6-9)8-2/h7-8H,3-6H2,1-2H3. The summed E-state index contributed by atoms with van der Waals surface area (Å²) in [6.45, 7) is 6.01. The second-order valence-corrected chi connectivity index (χ2v) is 2.75. The smallest absolute Gasteiger partial charge is 0.0320 e. The molecule has 1 rings (SSSR count). The largest absolute Gasteiger partial charge is 0.315 e. The molecule has 1 heterocycles. The van der Waals surface area contributed by atoms with Crippen LogP contribution in [-0.2, 0) is 0 Å². The second-order valence-electron chi connectivity index (χ2n) is 2.75. The molecular weight excluding hydrogens is 112 g/mol. The number of hydrogen-bond donors (Lipinski definition) is 1. The topological polar surface area (TPSA) is 15.3 Å². The van der Waals surface area contributed by atoms with E-state index >= 15 is 0 Å². The van der Waals surface area contributed by atoms with Gasteiger partial charge in [0.1, 0.15) is 0 Å². The summed E-state index contributed by atoms with van der Waals surface area (Å²) in [5, 5.41) is 3.25. The minimum Gasteiger partial charge on any atom is -0.315 e. The lowest BCUT2D eigenvalue weighted by atomic mass is 10.1. The molecule has 1 fully saturated rings. The van der Waals surface area contributed by atoms with Crippen LogP contribution in [0.25, 0.3) is 0 Å². The third kappa shape index (κ3) is 1.66. The molecule has 9 heavy (non-hydrogen) atoms. The summed E-state index contributed by atoms with van der Waals surface area (Å²) in [5.74, 6) is 0. The van der Waals surface area contributed by atoms with E-state index in [9.17, 15) is 0 Å². The second kappa shape index (κ2) is 3.18. The highest BCUT2D eigenvalue weighted by molar-refractivity contribution is 4.83. The minimum atomic E-state index is 0.775. The van der Waals surface area contributed by atoms with Crippen molar-refractivity contribution in [1.29, 1.82) is 0 Å². The Balaban J connectivity index is 1.98. The molecule has 2 nitrogen and oxygen atoms in total. The fourth-order valence-corrected chi connectivity index (χ4v) is 1.25. The van der Waals surface area contributed by atoms with E-state index < -0.39 is 0 Å². The molecule has 0 unspecified atom stereocenters. The highest BCUT2D eigenvalue weighted by Crippen LogP contribution is 2.06. The van der Waals surface area contributed by atoms with E-state index in [0.29, 0.717) is 0 Å². The fourth-order valence-electron chi connectivity index (χ4n) is 1.25. The van der Waals surface area contributed by atoms with Crippen LogP contribution in [0.4, 0.5) is 0 Å². The van der Waals surface area contributed by atoms with Gasteiger partial charge in [0.2, 0.25) is 0 Å². The molecule has 0 radical (unpaired) electrons. The van der Waals surface area contributed by atoms with Crippen molar-refractivity contribution in [3.63, 3.8) is 0 Å². The zero-order chi connectivity index (χ0) is 6.69. The van der Waals surface area contributed by atoms with Crippen LogP contribution in [0.3, 0.4) is 0 Å². The molecule has 0 atom stereocenters. The average molecular weight is 128 g/mol. The molecule has 2 heteroatoms. The van der Waals surface area contributed by atoms with Crippen molar-refractivity contribution in [2.75, 3.05) is 26.7 Å². The van der Waals surface area contributed by atoms with Crippen LogP contribution in [0.1, 0.15) is 13.3 Å². The van der Waals surface area contributed by atoms with Gasteiger partial charge in [-0.05, 0) is 20.0 Å². The number of likely N-dealkylation sites (tertiary alicyclic amines) is 1. The molecular formula is C7H16N2. The first-order valence-corrected chi connectivity index (χ1v) is 3.76. The Bertz CT molecular complexity index is 77.0. The van der Waals surface area contributed by atoms with Crippen molar-refractivity contribution in [3.8, 4) is 0 Å². The molecule has 54 valence electrons. The maximum Gasteiger partial charge on any atom is 0.0320 e. The lowest BCUT2D eigenvalue weighted by Gasteiger charge is -2.38. The Kier molecular flexibility index (Phi) is 2.49. The maximum atomic E-state index is 3.25. The lowest BCUT2D eigenvalue weighted by Crippen LogP contribution is -2.56. The van der Waals surface area contributed by atoms with Crippen molar-refractivity contribution in [2.45, 2.75) is 19.4 Å². The highest BCUT2D eigenvalue weighted by Gasteiger charge is 2.23. The van der Waals surface area contributed by atoms with Crippen LogP contribution in [0.2, 0.25) is 0 Å². The van der Waals surface area contributed by atoms with E-state index in [0.717, 1.165) is 6.04 Å². The Morgan fingerprint density at radius 1 is 1.56 bits per heavy atom. The zero-order valence-corrected chi connectivity index (χ0v) is 6.35. The van der Waals surface area contributed by atoms with Gasteiger partial charge in [-0.25, -0.2) is 0 Å². The van der Waals surface area contributed by atoms with Gasteiger partial charge in [-0.1, -0.05) is 6.92 Å². The highest BCUT2D eigenvalue weighted by atomic mass is 15.2. The molecule has 0 amide bonds. The zero-order valence-electron chi connectivity index (χ0n) is 6.35. The number of nitrogens with zero attached hydrogens (tertiary/aromatic N) is 1. The van der Waals surface area contributed by atoms with Crippen LogP contribution in [0, 0.1) is 0 Å². The molecule has 0 aliphatic carbocycles. The van der Waals surface area contributed by atoms with Crippen molar-refractivity contribution >= 4 is 0 Å². The van der Waals surface area contributed by atoms with Gasteiger partial charge in [0.25, 0.3) is 0 Å². The van der Waals surface area contributed by atoms with Gasteiger partial charge in [-0.2, -0.15) is 0 Å². The van der Waals surface area contributed by atoms with Gasteiger partial charge in [0.15, 0.2) is 0 Å². The van der Waals surface area contributed by atoms with Crippen LogP contribution in [0.15, 0.2) is 0 Å². The number of rotatable bonds is 3. The maximum absolute atomic E-state index is 3.25. The predicted molar refractivity (Wildman–Crippen MR) is 39.6 cm³/mol. The molecule has 0 aromatic rings. The normalized spacial score (nSPS) is 22.0. The molecule has 1 aliphatic rings. The van der Waals surface area contributed by atoms with E-state index in [1.807, 2.05) is 7.05 Å². The molecule has 0 bridgehead atoms. The number of nitrogens with one attached hydrogen (secondary N) is 1. The van der Waals surface area contributed by atoms with Gasteiger partial charge in [-0.15, -0.1) is 0 Å². The monoisotopic (exact) mass is 128 g/mol. The van der Waals surface area contributed by atoms with Crippen LogP contribution in [0.5, 0.6) is 0 Å². The number of likely N-dealkylation sites (N-methyl/N-ethyl adjacent to an activating group) is 1. The first-order chi connectivity index (χ1) is 4.36. The molecule has 1 aliphatic heterocycles. The van der Waals surface area contributed by atoms with Crippen LogP contribution >= 0.6 is 0 Å². The molecule has 0 aromatic heterocycles. The Hall–Kier alpha value is -0.0800. The third-order valence-electron chi connectivity index (χ3n) is 1.91. The van der Waals surface area contributed by atoms with Crippen LogP contribution < -0.4 is 5.32 Å². The molecule has 1 saturated heterocycles. The minimum absolute atomic E-state index is 0.775. The van der Waals surface area contributed by atoms with Gasteiger partial charge < -0.3 is 10.2 Å². The summed E-state index contributed by atoms with van der Waals surface area (Å²) in [6.07, 6.45) is 1.29. The van der Waals surface area contributed by atoms with Crippen LogP contribution in [-0.4, -0.2) is 37.6 Å². The fraction of sp³-hybridized carbons (Fsp3) is 1.00. The quantitative estimate of drug-likeness (QED) is 0.588. The Morgan fingerprint density at radius 2 is 2.22 bits per heavy atom. The summed E-state index contributed by atoms with van der Waals surface area (Å²) >= 11 is 0. The summed E-state index contributed by atoms with van der Waals surface area (Å²) < 4.78 is 0. The first-order valence-electron chi connectivity index (χ1n) is 3.76. The summed E-state index contributed by atoms with van der Waals surface area (Å²) in [7, 11) is 2.04. The van der Waals surface area contributed by atoms with E-state index in [1.165, 1.54) is 26.1 Å². The summed E-state index contributed by atoms with van der Waals surface area (Å²) in [6, 6.07) is 0.775. The average Bonchev–Trinajstić information content (AvgIpc) is 1.77. The SMILES string of the molecule is CCCN1CC(NC)C1. The van der Waals surface area contributed by atoms with E-state index in [4.69, 9.17) is 0 Å². The van der Waals surface area contributed by atoms with E-state index in [1.54, 1.807) is 0 Å². The van der Waals surface area contributed by atoms with E-state index in [-0.39, 0.29) is 0 Å². The molecule has 0 aromatic carbocycles. The van der Waals surface area contributed by atoms with Gasteiger partial charge in [-0.3, -0.25) is 0 Å². The lowest BCUT2D eigenvalue weighted by molar-refractivity contribution is 0.132. The predicted octanol–water partition coefficient (Wildman–Crippen LogP) is 0.300. The van der Waals surface area contributed by atoms with Crippen molar-refractivity contribution < 1.29 is 0 Å². The summed E-state index contributed by atoms with van der Waals surface area (Å²) in [4.78, 5) is 2.47. The third-order valence-corrected chi connectivity index (χ3v) is 1.91. The molecule has 0 spiro atoms. The van der Waals surface area contributed by atoms with Gasteiger partial charge in [0.05, 0.1) is 0 Å². The van der Waals surface area contributed by atoms with Crippen molar-refractivity contribution in [3.05, 3.63) is 0 Å². The van der Waals surface area contributed by atoms with Gasteiger partial charge in [0, 0.05) is 19.1 Å².